The lowest BCUT2D eigenvalue weighted by Crippen LogP contribution is -2.07. The number of aromatic amines is 1. The van der Waals surface area contributed by atoms with E-state index in [-0.39, 0.29) is 0 Å². The molecule has 0 fully saturated rings. The summed E-state index contributed by atoms with van der Waals surface area (Å²) in [5, 5.41) is 11.3. The largest absolute Gasteiger partial charge is 0.397 e. The Kier molecular flexibility index (Phi) is 5.03. The standard InChI is InChI=1S/C14H22N4O/c1-2-3-6-19-7-4-5-16-14-9-13-11(8-12(14)15)10-17-18-13/h8-10,16H,2-7,15H2,1H3,(H,17,18). The number of hydrogen-bond donors (Lipinski definition) is 3. The van der Waals surface area contributed by atoms with Crippen molar-refractivity contribution in [2.24, 2.45) is 0 Å². The van der Waals surface area contributed by atoms with E-state index in [2.05, 4.69) is 22.4 Å². The molecule has 0 atom stereocenters. The summed E-state index contributed by atoms with van der Waals surface area (Å²) >= 11 is 0. The Morgan fingerprint density at radius 3 is 3.00 bits per heavy atom. The van der Waals surface area contributed by atoms with E-state index in [0.717, 1.165) is 54.9 Å². The van der Waals surface area contributed by atoms with Crippen LogP contribution in [0, 0.1) is 0 Å². The zero-order chi connectivity index (χ0) is 13.5. The van der Waals surface area contributed by atoms with Crippen molar-refractivity contribution in [1.29, 1.82) is 0 Å². The third-order valence-corrected chi connectivity index (χ3v) is 3.03. The number of unbranched alkanes of at least 4 members (excludes halogenated alkanes) is 1. The lowest BCUT2D eigenvalue weighted by atomic mass is 10.2. The van der Waals surface area contributed by atoms with Crippen LogP contribution in [0.4, 0.5) is 11.4 Å². The molecule has 5 nitrogen and oxygen atoms in total. The molecule has 1 aromatic heterocycles. The number of hydrogen-bond acceptors (Lipinski definition) is 4. The van der Waals surface area contributed by atoms with E-state index < -0.39 is 0 Å². The van der Waals surface area contributed by atoms with Crippen LogP contribution < -0.4 is 11.1 Å². The van der Waals surface area contributed by atoms with Crippen molar-refractivity contribution in [3.63, 3.8) is 0 Å². The van der Waals surface area contributed by atoms with E-state index >= 15 is 0 Å². The van der Waals surface area contributed by atoms with Gasteiger partial charge in [0.15, 0.2) is 0 Å². The Labute approximate surface area is 113 Å². The van der Waals surface area contributed by atoms with Crippen LogP contribution in [0.1, 0.15) is 26.2 Å². The molecule has 2 aromatic rings. The predicted octanol–water partition coefficient (Wildman–Crippen LogP) is 2.76. The van der Waals surface area contributed by atoms with Gasteiger partial charge in [-0.2, -0.15) is 5.10 Å². The normalized spacial score (nSPS) is 11.0. The molecule has 1 heterocycles. The van der Waals surface area contributed by atoms with Crippen molar-refractivity contribution < 1.29 is 4.74 Å². The quantitative estimate of drug-likeness (QED) is 0.505. The lowest BCUT2D eigenvalue weighted by Gasteiger charge is -2.09. The maximum absolute atomic E-state index is 5.99. The number of ether oxygens (including phenoxy) is 1. The zero-order valence-corrected chi connectivity index (χ0v) is 11.4. The Morgan fingerprint density at radius 1 is 1.32 bits per heavy atom. The van der Waals surface area contributed by atoms with Crippen molar-refractivity contribution in [3.05, 3.63) is 18.3 Å². The SMILES string of the molecule is CCCCOCCCNc1cc2[nH]ncc2cc1N. The van der Waals surface area contributed by atoms with E-state index in [1.807, 2.05) is 12.1 Å². The van der Waals surface area contributed by atoms with Gasteiger partial charge in [0, 0.05) is 25.1 Å². The van der Waals surface area contributed by atoms with Gasteiger partial charge in [0.25, 0.3) is 0 Å². The van der Waals surface area contributed by atoms with E-state index in [1.54, 1.807) is 6.20 Å². The number of anilines is 2. The molecule has 0 unspecified atom stereocenters. The molecule has 0 aliphatic heterocycles. The topological polar surface area (TPSA) is 76.0 Å². The molecule has 0 amide bonds. The third kappa shape index (κ3) is 3.86. The van der Waals surface area contributed by atoms with Crippen molar-refractivity contribution in [1.82, 2.24) is 10.2 Å². The highest BCUT2D eigenvalue weighted by Crippen LogP contribution is 2.24. The minimum atomic E-state index is 0.751. The smallest absolute Gasteiger partial charge is 0.0672 e. The van der Waals surface area contributed by atoms with E-state index in [4.69, 9.17) is 10.5 Å². The number of fused-ring (bicyclic) bond motifs is 1. The summed E-state index contributed by atoms with van der Waals surface area (Å²) in [6, 6.07) is 3.93. The molecule has 5 heteroatoms. The highest BCUT2D eigenvalue weighted by molar-refractivity contribution is 5.88. The number of rotatable bonds is 8. The van der Waals surface area contributed by atoms with Gasteiger partial charge in [0.05, 0.1) is 23.1 Å². The first-order valence-corrected chi connectivity index (χ1v) is 6.85. The van der Waals surface area contributed by atoms with Crippen LogP contribution in [-0.4, -0.2) is 30.0 Å². The molecule has 0 aliphatic carbocycles. The average molecular weight is 262 g/mol. The minimum absolute atomic E-state index is 0.751. The Balaban J connectivity index is 1.76. The molecule has 4 N–H and O–H groups in total. The number of nitrogen functional groups attached to an aromatic ring is 1. The third-order valence-electron chi connectivity index (χ3n) is 3.03. The minimum Gasteiger partial charge on any atom is -0.397 e. The average Bonchev–Trinajstić information content (AvgIpc) is 2.84. The summed E-state index contributed by atoms with van der Waals surface area (Å²) < 4.78 is 5.51. The summed E-state index contributed by atoms with van der Waals surface area (Å²) in [6.07, 6.45) is 5.07. The molecule has 19 heavy (non-hydrogen) atoms. The van der Waals surface area contributed by atoms with Crippen LogP contribution in [0.15, 0.2) is 18.3 Å². The highest BCUT2D eigenvalue weighted by Gasteiger charge is 2.03. The molecule has 0 spiro atoms. The molecule has 1 aromatic carbocycles. The zero-order valence-electron chi connectivity index (χ0n) is 11.4. The summed E-state index contributed by atoms with van der Waals surface area (Å²) in [7, 11) is 0. The van der Waals surface area contributed by atoms with Crippen LogP contribution in [0.25, 0.3) is 10.9 Å². The predicted molar refractivity (Wildman–Crippen MR) is 79.3 cm³/mol. The number of benzene rings is 1. The Bertz CT molecular complexity index is 509. The molecule has 104 valence electrons. The Morgan fingerprint density at radius 2 is 2.16 bits per heavy atom. The first-order chi connectivity index (χ1) is 9.31. The highest BCUT2D eigenvalue weighted by atomic mass is 16.5. The number of nitrogens with two attached hydrogens (primary N) is 1. The summed E-state index contributed by atoms with van der Waals surface area (Å²) in [5.41, 5.74) is 8.69. The van der Waals surface area contributed by atoms with Crippen molar-refractivity contribution >= 4 is 22.3 Å². The maximum Gasteiger partial charge on any atom is 0.0672 e. The van der Waals surface area contributed by atoms with Crippen LogP contribution in [0.5, 0.6) is 0 Å². The van der Waals surface area contributed by atoms with Gasteiger partial charge in [0.1, 0.15) is 0 Å². The van der Waals surface area contributed by atoms with Gasteiger partial charge >= 0.3 is 0 Å². The summed E-state index contributed by atoms with van der Waals surface area (Å²) in [5.74, 6) is 0. The molecular weight excluding hydrogens is 240 g/mol. The van der Waals surface area contributed by atoms with Crippen molar-refractivity contribution in [2.45, 2.75) is 26.2 Å². The van der Waals surface area contributed by atoms with E-state index in [9.17, 15) is 0 Å². The van der Waals surface area contributed by atoms with E-state index in [0.29, 0.717) is 0 Å². The van der Waals surface area contributed by atoms with Gasteiger partial charge in [0.2, 0.25) is 0 Å². The molecule has 0 bridgehead atoms. The first-order valence-electron chi connectivity index (χ1n) is 6.85. The monoisotopic (exact) mass is 262 g/mol. The van der Waals surface area contributed by atoms with Crippen molar-refractivity contribution in [3.8, 4) is 0 Å². The van der Waals surface area contributed by atoms with Gasteiger partial charge in [-0.3, -0.25) is 5.10 Å². The Hall–Kier alpha value is -1.75. The number of H-pyrrole nitrogens is 1. The summed E-state index contributed by atoms with van der Waals surface area (Å²) in [4.78, 5) is 0. The molecular formula is C14H22N4O. The van der Waals surface area contributed by atoms with E-state index in [1.165, 1.54) is 6.42 Å². The first kappa shape index (κ1) is 13.7. The van der Waals surface area contributed by atoms with Crippen molar-refractivity contribution in [2.75, 3.05) is 30.8 Å². The summed E-state index contributed by atoms with van der Waals surface area (Å²) in [6.45, 7) is 4.67. The molecule has 0 radical (unpaired) electrons. The number of nitrogens with zero attached hydrogens (tertiary/aromatic N) is 1. The maximum atomic E-state index is 5.99. The van der Waals surface area contributed by atoms with Gasteiger partial charge in [-0.1, -0.05) is 13.3 Å². The number of nitrogens with one attached hydrogen (secondary N) is 2. The van der Waals surface area contributed by atoms with Crippen LogP contribution >= 0.6 is 0 Å². The fourth-order valence-corrected chi connectivity index (χ4v) is 1.91. The molecule has 0 saturated carbocycles. The second-order valence-electron chi connectivity index (χ2n) is 4.64. The lowest BCUT2D eigenvalue weighted by molar-refractivity contribution is 0.131. The van der Waals surface area contributed by atoms with Crippen LogP contribution in [0.2, 0.25) is 0 Å². The van der Waals surface area contributed by atoms with Gasteiger partial charge in [-0.15, -0.1) is 0 Å². The van der Waals surface area contributed by atoms with Crippen LogP contribution in [0.3, 0.4) is 0 Å². The van der Waals surface area contributed by atoms with Crippen LogP contribution in [-0.2, 0) is 4.74 Å². The number of aromatic nitrogens is 2. The molecule has 0 saturated heterocycles. The van der Waals surface area contributed by atoms with Gasteiger partial charge in [-0.25, -0.2) is 0 Å². The molecule has 2 rings (SSSR count). The fraction of sp³-hybridized carbons (Fsp3) is 0.500. The van der Waals surface area contributed by atoms with Gasteiger partial charge < -0.3 is 15.8 Å². The molecule has 0 aliphatic rings. The van der Waals surface area contributed by atoms with Gasteiger partial charge in [-0.05, 0) is 25.0 Å². The second-order valence-corrected chi connectivity index (χ2v) is 4.64. The second kappa shape index (κ2) is 6.99. The fourth-order valence-electron chi connectivity index (χ4n) is 1.91.